The first-order valence-corrected chi connectivity index (χ1v) is 6.94. The van der Waals surface area contributed by atoms with Crippen LogP contribution in [0.25, 0.3) is 0 Å². The van der Waals surface area contributed by atoms with Crippen molar-refractivity contribution in [3.8, 4) is 0 Å². The first-order chi connectivity index (χ1) is 8.86. The number of carbonyl (C=O) groups is 2. The van der Waals surface area contributed by atoms with Crippen molar-refractivity contribution in [1.29, 1.82) is 0 Å². The second kappa shape index (κ2) is 7.20. The molecule has 1 heterocycles. The van der Waals surface area contributed by atoms with Crippen molar-refractivity contribution in [2.45, 2.75) is 26.8 Å². The highest BCUT2D eigenvalue weighted by Crippen LogP contribution is 2.13. The van der Waals surface area contributed by atoms with Crippen LogP contribution in [0.4, 0.5) is 5.13 Å². The number of rotatable bonds is 6. The van der Waals surface area contributed by atoms with Crippen LogP contribution in [0.15, 0.2) is 5.38 Å². The van der Waals surface area contributed by atoms with E-state index in [-0.39, 0.29) is 30.9 Å². The molecule has 1 aromatic rings. The minimum atomic E-state index is -0.172. The molecule has 0 unspecified atom stereocenters. The number of aromatic nitrogens is 1. The molecule has 0 aliphatic carbocycles. The number of thiazole rings is 1. The quantitative estimate of drug-likeness (QED) is 0.812. The monoisotopic (exact) mass is 284 g/mol. The highest BCUT2D eigenvalue weighted by Gasteiger charge is 2.12. The van der Waals surface area contributed by atoms with Gasteiger partial charge in [-0.05, 0) is 27.8 Å². The Bertz CT molecular complexity index is 445. The maximum atomic E-state index is 11.7. The molecule has 0 fully saturated rings. The summed E-state index contributed by atoms with van der Waals surface area (Å²) in [6.45, 7) is 6.02. The molecule has 2 amide bonds. The van der Waals surface area contributed by atoms with Crippen LogP contribution < -0.4 is 10.6 Å². The van der Waals surface area contributed by atoms with Gasteiger partial charge in [-0.3, -0.25) is 14.5 Å². The van der Waals surface area contributed by atoms with Gasteiger partial charge in [-0.2, -0.15) is 0 Å². The molecule has 0 saturated carbocycles. The van der Waals surface area contributed by atoms with Crippen LogP contribution in [0.5, 0.6) is 0 Å². The Balaban J connectivity index is 2.33. The maximum absolute atomic E-state index is 11.7. The molecule has 1 aromatic heterocycles. The van der Waals surface area contributed by atoms with E-state index < -0.39 is 0 Å². The summed E-state index contributed by atoms with van der Waals surface area (Å²) in [4.78, 5) is 29.0. The Kier molecular flexibility index (Phi) is 5.91. The van der Waals surface area contributed by atoms with E-state index in [9.17, 15) is 9.59 Å². The molecule has 6 nitrogen and oxygen atoms in total. The second-order valence-electron chi connectivity index (χ2n) is 4.74. The van der Waals surface area contributed by atoms with Gasteiger partial charge in [0.25, 0.3) is 0 Å². The van der Waals surface area contributed by atoms with Gasteiger partial charge in [0, 0.05) is 11.4 Å². The molecule has 2 N–H and O–H groups in total. The standard InChI is InChI=1S/C12H20N4O2S/c1-8(2)13-10(17)5-16(4)6-11(18)15-12-14-9(3)7-19-12/h7-8H,5-6H2,1-4H3,(H,13,17)(H,14,15,18). The maximum Gasteiger partial charge on any atom is 0.240 e. The van der Waals surface area contributed by atoms with Crippen LogP contribution in [0, 0.1) is 6.92 Å². The highest BCUT2D eigenvalue weighted by atomic mass is 32.1. The minimum Gasteiger partial charge on any atom is -0.353 e. The Hall–Kier alpha value is -1.47. The van der Waals surface area contributed by atoms with E-state index in [4.69, 9.17) is 0 Å². The molecule has 0 aliphatic rings. The molecule has 0 bridgehead atoms. The number of nitrogens with zero attached hydrogens (tertiary/aromatic N) is 2. The lowest BCUT2D eigenvalue weighted by Crippen LogP contribution is -2.41. The van der Waals surface area contributed by atoms with Crippen LogP contribution >= 0.6 is 11.3 Å². The Labute approximate surface area is 117 Å². The zero-order valence-electron chi connectivity index (χ0n) is 11.7. The zero-order chi connectivity index (χ0) is 14.4. The number of anilines is 1. The van der Waals surface area contributed by atoms with Crippen LogP contribution in [0.1, 0.15) is 19.5 Å². The van der Waals surface area contributed by atoms with E-state index in [1.807, 2.05) is 26.2 Å². The fourth-order valence-corrected chi connectivity index (χ4v) is 2.19. The topological polar surface area (TPSA) is 74.3 Å². The van der Waals surface area contributed by atoms with Gasteiger partial charge in [-0.25, -0.2) is 4.98 Å². The van der Waals surface area contributed by atoms with Gasteiger partial charge in [-0.1, -0.05) is 0 Å². The molecule has 0 aromatic carbocycles. The summed E-state index contributed by atoms with van der Waals surface area (Å²) in [5.41, 5.74) is 0.880. The molecule has 7 heteroatoms. The SMILES string of the molecule is Cc1csc(NC(=O)CN(C)CC(=O)NC(C)C)n1. The van der Waals surface area contributed by atoms with Crippen LogP contribution in [-0.4, -0.2) is 47.9 Å². The van der Waals surface area contributed by atoms with Gasteiger partial charge < -0.3 is 10.6 Å². The normalized spacial score (nSPS) is 10.8. The van der Waals surface area contributed by atoms with E-state index in [1.54, 1.807) is 11.9 Å². The van der Waals surface area contributed by atoms with E-state index in [2.05, 4.69) is 15.6 Å². The first-order valence-electron chi connectivity index (χ1n) is 6.06. The summed E-state index contributed by atoms with van der Waals surface area (Å²) in [5.74, 6) is -0.260. The van der Waals surface area contributed by atoms with Gasteiger partial charge in [0.1, 0.15) is 0 Å². The predicted octanol–water partition coefficient (Wildman–Crippen LogP) is 0.846. The van der Waals surface area contributed by atoms with Gasteiger partial charge in [-0.15, -0.1) is 11.3 Å². The average molecular weight is 284 g/mol. The fraction of sp³-hybridized carbons (Fsp3) is 0.583. The fourth-order valence-electron chi connectivity index (χ4n) is 1.48. The summed E-state index contributed by atoms with van der Waals surface area (Å²) in [7, 11) is 1.73. The van der Waals surface area contributed by atoms with E-state index in [0.29, 0.717) is 5.13 Å². The minimum absolute atomic E-state index is 0.0876. The van der Waals surface area contributed by atoms with Gasteiger partial charge in [0.2, 0.25) is 11.8 Å². The van der Waals surface area contributed by atoms with Crippen molar-refractivity contribution in [3.63, 3.8) is 0 Å². The second-order valence-corrected chi connectivity index (χ2v) is 5.59. The average Bonchev–Trinajstić information content (AvgIpc) is 2.61. The lowest BCUT2D eigenvalue weighted by molar-refractivity contribution is -0.123. The number of amides is 2. The Morgan fingerprint density at radius 3 is 2.53 bits per heavy atom. The first kappa shape index (κ1) is 15.6. The molecule has 1 rings (SSSR count). The summed E-state index contributed by atoms with van der Waals surface area (Å²) in [6, 6.07) is 0.105. The van der Waals surface area contributed by atoms with Gasteiger partial charge in [0.15, 0.2) is 5.13 Å². The van der Waals surface area contributed by atoms with Crippen LogP contribution in [0.2, 0.25) is 0 Å². The van der Waals surface area contributed by atoms with Crippen molar-refractivity contribution < 1.29 is 9.59 Å². The van der Waals surface area contributed by atoms with Crippen molar-refractivity contribution in [2.24, 2.45) is 0 Å². The van der Waals surface area contributed by atoms with Crippen molar-refractivity contribution in [3.05, 3.63) is 11.1 Å². The lowest BCUT2D eigenvalue weighted by atomic mass is 10.4. The van der Waals surface area contributed by atoms with Crippen molar-refractivity contribution in [2.75, 3.05) is 25.5 Å². The van der Waals surface area contributed by atoms with E-state index in [1.165, 1.54) is 11.3 Å². The third kappa shape index (κ3) is 6.30. The molecule has 0 atom stereocenters. The van der Waals surface area contributed by atoms with Crippen LogP contribution in [-0.2, 0) is 9.59 Å². The van der Waals surface area contributed by atoms with Gasteiger partial charge >= 0.3 is 0 Å². The number of hydrogen-bond donors (Lipinski definition) is 2. The summed E-state index contributed by atoms with van der Waals surface area (Å²) < 4.78 is 0. The molecule has 106 valence electrons. The lowest BCUT2D eigenvalue weighted by Gasteiger charge is -2.16. The van der Waals surface area contributed by atoms with Gasteiger partial charge in [0.05, 0.1) is 18.8 Å². The van der Waals surface area contributed by atoms with Crippen molar-refractivity contribution >= 4 is 28.3 Å². The number of hydrogen-bond acceptors (Lipinski definition) is 5. The molecule has 0 spiro atoms. The summed E-state index contributed by atoms with van der Waals surface area (Å²) in [6.07, 6.45) is 0. The zero-order valence-corrected chi connectivity index (χ0v) is 12.5. The number of nitrogens with one attached hydrogen (secondary N) is 2. The van der Waals surface area contributed by atoms with Crippen molar-refractivity contribution in [1.82, 2.24) is 15.2 Å². The Morgan fingerprint density at radius 2 is 2.00 bits per heavy atom. The number of likely N-dealkylation sites (N-methyl/N-ethyl adjacent to an activating group) is 1. The van der Waals surface area contributed by atoms with Crippen LogP contribution in [0.3, 0.4) is 0 Å². The molecule has 0 aliphatic heterocycles. The molecule has 0 saturated heterocycles. The third-order valence-electron chi connectivity index (χ3n) is 2.14. The molecule has 0 radical (unpaired) electrons. The summed E-state index contributed by atoms with van der Waals surface area (Å²) in [5, 5.41) is 7.94. The predicted molar refractivity (Wildman–Crippen MR) is 76.3 cm³/mol. The Morgan fingerprint density at radius 1 is 1.37 bits per heavy atom. The smallest absolute Gasteiger partial charge is 0.240 e. The number of carbonyl (C=O) groups excluding carboxylic acids is 2. The van der Waals surface area contributed by atoms with E-state index in [0.717, 1.165) is 5.69 Å². The largest absolute Gasteiger partial charge is 0.353 e. The molecular formula is C12H20N4O2S. The number of aryl methyl sites for hydroxylation is 1. The molecule has 19 heavy (non-hydrogen) atoms. The molecular weight excluding hydrogens is 264 g/mol. The van der Waals surface area contributed by atoms with E-state index >= 15 is 0 Å². The third-order valence-corrected chi connectivity index (χ3v) is 3.02. The highest BCUT2D eigenvalue weighted by molar-refractivity contribution is 7.13. The summed E-state index contributed by atoms with van der Waals surface area (Å²) >= 11 is 1.39.